The average Bonchev–Trinajstić information content (AvgIpc) is 3.31. The summed E-state index contributed by atoms with van der Waals surface area (Å²) < 4.78 is 0. The fourth-order valence-corrected chi connectivity index (χ4v) is 3.22. The maximum Gasteiger partial charge on any atom is 0.282 e. The van der Waals surface area contributed by atoms with Crippen molar-refractivity contribution in [3.8, 4) is 0 Å². The molecule has 2 fully saturated rings. The number of carbonyl (C=O) groups is 1. The van der Waals surface area contributed by atoms with Gasteiger partial charge in [0.25, 0.3) is 5.91 Å². The van der Waals surface area contributed by atoms with Crippen LogP contribution in [0.15, 0.2) is 0 Å². The van der Waals surface area contributed by atoms with Crippen molar-refractivity contribution >= 4 is 22.4 Å². The Hall–Kier alpha value is -1.17. The Morgan fingerprint density at radius 1 is 1.42 bits per heavy atom. The first-order chi connectivity index (χ1) is 9.23. The first kappa shape index (κ1) is 12.8. The van der Waals surface area contributed by atoms with Crippen molar-refractivity contribution in [3.63, 3.8) is 0 Å². The molecule has 1 amide bonds. The normalized spacial score (nSPS) is 20.1. The van der Waals surface area contributed by atoms with Gasteiger partial charge >= 0.3 is 0 Å². The summed E-state index contributed by atoms with van der Waals surface area (Å²) in [6.07, 6.45) is 6.28. The second-order valence-electron chi connectivity index (χ2n) is 5.66. The zero-order valence-corrected chi connectivity index (χ0v) is 12.1. The molecule has 2 aliphatic rings. The molecule has 104 valence electrons. The van der Waals surface area contributed by atoms with E-state index < -0.39 is 0 Å². The smallest absolute Gasteiger partial charge is 0.282 e. The minimum Gasteiger partial charge on any atom is -0.360 e. The van der Waals surface area contributed by atoms with Crippen molar-refractivity contribution in [2.24, 2.45) is 11.3 Å². The standard InChI is InChI=1S/C13H20N4OS/c1-2-7-14-12-17-16-11(19-12)10(18)15-8-13(5-6-13)9-3-4-9/h9H,2-8H2,1H3,(H,14,17)(H,15,18). The van der Waals surface area contributed by atoms with E-state index in [0.29, 0.717) is 10.4 Å². The van der Waals surface area contributed by atoms with Gasteiger partial charge in [-0.1, -0.05) is 18.3 Å². The predicted molar refractivity (Wildman–Crippen MR) is 75.4 cm³/mol. The van der Waals surface area contributed by atoms with E-state index in [1.54, 1.807) is 0 Å². The van der Waals surface area contributed by atoms with Crippen LogP contribution in [0.5, 0.6) is 0 Å². The third-order valence-electron chi connectivity index (χ3n) is 4.08. The third kappa shape index (κ3) is 2.88. The van der Waals surface area contributed by atoms with Crippen LogP contribution in [0.2, 0.25) is 0 Å². The lowest BCUT2D eigenvalue weighted by Crippen LogP contribution is -2.31. The molecule has 0 aromatic carbocycles. The first-order valence-corrected chi connectivity index (χ1v) is 7.91. The summed E-state index contributed by atoms with van der Waals surface area (Å²) in [6.45, 7) is 3.77. The molecule has 0 aliphatic heterocycles. The fourth-order valence-electron chi connectivity index (χ4n) is 2.54. The van der Waals surface area contributed by atoms with Gasteiger partial charge in [0.05, 0.1) is 0 Å². The summed E-state index contributed by atoms with van der Waals surface area (Å²) in [4.78, 5) is 12.0. The number of nitrogens with one attached hydrogen (secondary N) is 2. The molecule has 3 rings (SSSR count). The van der Waals surface area contributed by atoms with Gasteiger partial charge in [0.15, 0.2) is 0 Å². The lowest BCUT2D eigenvalue weighted by molar-refractivity contribution is 0.0941. The number of hydrogen-bond acceptors (Lipinski definition) is 5. The molecule has 0 bridgehead atoms. The van der Waals surface area contributed by atoms with Crippen molar-refractivity contribution in [2.45, 2.75) is 39.0 Å². The summed E-state index contributed by atoms with van der Waals surface area (Å²) in [5.74, 6) is 0.790. The van der Waals surface area contributed by atoms with E-state index in [4.69, 9.17) is 0 Å². The van der Waals surface area contributed by atoms with Crippen LogP contribution in [-0.4, -0.2) is 29.2 Å². The van der Waals surface area contributed by atoms with Crippen LogP contribution in [0.4, 0.5) is 5.13 Å². The number of amides is 1. The van der Waals surface area contributed by atoms with E-state index in [-0.39, 0.29) is 5.91 Å². The van der Waals surface area contributed by atoms with Crippen LogP contribution >= 0.6 is 11.3 Å². The summed E-state index contributed by atoms with van der Waals surface area (Å²) in [7, 11) is 0. The highest BCUT2D eigenvalue weighted by Crippen LogP contribution is 2.60. The molecule has 1 heterocycles. The molecule has 2 saturated carbocycles. The Kier molecular flexibility index (Phi) is 3.43. The minimum absolute atomic E-state index is 0.0750. The summed E-state index contributed by atoms with van der Waals surface area (Å²) in [5.41, 5.74) is 0.434. The highest BCUT2D eigenvalue weighted by atomic mass is 32.1. The van der Waals surface area contributed by atoms with Crippen LogP contribution < -0.4 is 10.6 Å². The Balaban J connectivity index is 1.50. The molecule has 1 aromatic rings. The number of anilines is 1. The monoisotopic (exact) mass is 280 g/mol. The van der Waals surface area contributed by atoms with E-state index in [2.05, 4.69) is 27.8 Å². The Bertz CT molecular complexity index is 465. The molecule has 0 radical (unpaired) electrons. The Labute approximate surface area is 117 Å². The van der Waals surface area contributed by atoms with E-state index in [9.17, 15) is 4.79 Å². The van der Waals surface area contributed by atoms with Crippen LogP contribution in [0, 0.1) is 11.3 Å². The van der Waals surface area contributed by atoms with Crippen LogP contribution in [0.3, 0.4) is 0 Å². The molecule has 19 heavy (non-hydrogen) atoms. The lowest BCUT2D eigenvalue weighted by atomic mass is 10.0. The van der Waals surface area contributed by atoms with Gasteiger partial charge in [-0.05, 0) is 43.4 Å². The zero-order valence-electron chi connectivity index (χ0n) is 11.2. The number of hydrogen-bond donors (Lipinski definition) is 2. The van der Waals surface area contributed by atoms with Gasteiger partial charge in [-0.2, -0.15) is 0 Å². The molecule has 2 N–H and O–H groups in total. The summed E-state index contributed by atoms with van der Waals surface area (Å²) in [5, 5.41) is 15.3. The van der Waals surface area contributed by atoms with Gasteiger partial charge in [0, 0.05) is 13.1 Å². The van der Waals surface area contributed by atoms with Gasteiger partial charge < -0.3 is 10.6 Å². The van der Waals surface area contributed by atoms with Crippen molar-refractivity contribution in [1.29, 1.82) is 0 Å². The SMILES string of the molecule is CCCNc1nnc(C(=O)NCC2(C3CC3)CC2)s1. The largest absolute Gasteiger partial charge is 0.360 e. The molecule has 1 aromatic heterocycles. The van der Waals surface area contributed by atoms with Crippen LogP contribution in [-0.2, 0) is 0 Å². The topological polar surface area (TPSA) is 66.9 Å². The second kappa shape index (κ2) is 5.07. The molecular formula is C13H20N4OS. The summed E-state index contributed by atoms with van der Waals surface area (Å²) in [6, 6.07) is 0. The van der Waals surface area contributed by atoms with Gasteiger partial charge in [-0.3, -0.25) is 4.79 Å². The predicted octanol–water partition coefficient (Wildman–Crippen LogP) is 2.28. The number of aromatic nitrogens is 2. The number of nitrogens with zero attached hydrogens (tertiary/aromatic N) is 2. The molecule has 0 unspecified atom stereocenters. The Morgan fingerprint density at radius 3 is 2.84 bits per heavy atom. The van der Waals surface area contributed by atoms with Crippen LogP contribution in [0.25, 0.3) is 0 Å². The molecular weight excluding hydrogens is 260 g/mol. The lowest BCUT2D eigenvalue weighted by Gasteiger charge is -2.13. The summed E-state index contributed by atoms with van der Waals surface area (Å²) >= 11 is 1.33. The highest BCUT2D eigenvalue weighted by Gasteiger charge is 2.53. The zero-order chi connectivity index (χ0) is 13.3. The molecule has 5 nitrogen and oxygen atoms in total. The van der Waals surface area contributed by atoms with Crippen molar-refractivity contribution in [1.82, 2.24) is 15.5 Å². The van der Waals surface area contributed by atoms with Gasteiger partial charge in [-0.15, -0.1) is 10.2 Å². The van der Waals surface area contributed by atoms with E-state index in [1.165, 1.54) is 37.0 Å². The molecule has 6 heteroatoms. The number of carbonyl (C=O) groups excluding carboxylic acids is 1. The van der Waals surface area contributed by atoms with E-state index >= 15 is 0 Å². The average molecular weight is 280 g/mol. The minimum atomic E-state index is -0.0750. The second-order valence-corrected chi connectivity index (χ2v) is 6.64. The van der Waals surface area contributed by atoms with Crippen molar-refractivity contribution in [3.05, 3.63) is 5.01 Å². The molecule has 0 atom stereocenters. The quantitative estimate of drug-likeness (QED) is 0.804. The van der Waals surface area contributed by atoms with Crippen molar-refractivity contribution in [2.75, 3.05) is 18.4 Å². The van der Waals surface area contributed by atoms with Gasteiger partial charge in [0.1, 0.15) is 0 Å². The fraction of sp³-hybridized carbons (Fsp3) is 0.769. The van der Waals surface area contributed by atoms with Crippen molar-refractivity contribution < 1.29 is 4.79 Å². The number of rotatable bonds is 7. The van der Waals surface area contributed by atoms with Gasteiger partial charge in [0.2, 0.25) is 10.1 Å². The van der Waals surface area contributed by atoms with E-state index in [0.717, 1.165) is 30.6 Å². The Morgan fingerprint density at radius 2 is 2.21 bits per heavy atom. The first-order valence-electron chi connectivity index (χ1n) is 7.09. The van der Waals surface area contributed by atoms with Crippen LogP contribution in [0.1, 0.15) is 48.8 Å². The maximum absolute atomic E-state index is 12.0. The van der Waals surface area contributed by atoms with Gasteiger partial charge in [-0.25, -0.2) is 0 Å². The molecule has 2 aliphatic carbocycles. The third-order valence-corrected chi connectivity index (χ3v) is 4.96. The molecule has 0 spiro atoms. The highest BCUT2D eigenvalue weighted by molar-refractivity contribution is 7.17. The maximum atomic E-state index is 12.0. The molecule has 0 saturated heterocycles. The van der Waals surface area contributed by atoms with E-state index in [1.807, 2.05) is 0 Å².